The van der Waals surface area contributed by atoms with Gasteiger partial charge in [-0.25, -0.2) is 0 Å². The molecule has 2 atom stereocenters. The normalized spacial score (nSPS) is 22.6. The van der Waals surface area contributed by atoms with Crippen molar-refractivity contribution in [1.82, 2.24) is 0 Å². The van der Waals surface area contributed by atoms with Gasteiger partial charge in [0.2, 0.25) is 0 Å². The zero-order valence-electron chi connectivity index (χ0n) is 17.9. The molecule has 0 saturated carbocycles. The molecule has 3 aliphatic carbocycles. The van der Waals surface area contributed by atoms with E-state index in [1.807, 2.05) is 0 Å². The number of aryl methyl sites for hydroxylation is 1. The summed E-state index contributed by atoms with van der Waals surface area (Å²) < 4.78 is 0. The van der Waals surface area contributed by atoms with Crippen molar-refractivity contribution < 1.29 is 0 Å². The van der Waals surface area contributed by atoms with Gasteiger partial charge in [0.25, 0.3) is 0 Å². The molecule has 0 amide bonds. The van der Waals surface area contributed by atoms with E-state index in [9.17, 15) is 0 Å². The van der Waals surface area contributed by atoms with Gasteiger partial charge in [-0.3, -0.25) is 0 Å². The van der Waals surface area contributed by atoms with Gasteiger partial charge in [0.15, 0.2) is 0 Å². The molecule has 0 nitrogen and oxygen atoms in total. The van der Waals surface area contributed by atoms with E-state index in [2.05, 4.69) is 105 Å². The Morgan fingerprint density at radius 3 is 2.55 bits per heavy atom. The number of allylic oxidation sites excluding steroid dienone is 4. The SMILES string of the molecule is Cc1ccc2c(c1)C1(C3=C2C=CC(C)C3)c2ccccc2-c2c1ccc1ccccc21. The quantitative estimate of drug-likeness (QED) is 0.284. The molecule has 4 aromatic carbocycles. The molecule has 0 saturated heterocycles. The molecule has 1 spiro atoms. The summed E-state index contributed by atoms with van der Waals surface area (Å²) in [5.74, 6) is 0.558. The highest BCUT2D eigenvalue weighted by Gasteiger charge is 2.53. The summed E-state index contributed by atoms with van der Waals surface area (Å²) in [6, 6.07) is 29.9. The average Bonchev–Trinajstić information content (AvgIpc) is 3.25. The lowest BCUT2D eigenvalue weighted by Crippen LogP contribution is -2.28. The molecule has 4 aromatic rings. The molecule has 0 bridgehead atoms. The van der Waals surface area contributed by atoms with E-state index in [-0.39, 0.29) is 5.41 Å². The molecule has 7 rings (SSSR count). The molecule has 0 radical (unpaired) electrons. The summed E-state index contributed by atoms with van der Waals surface area (Å²) in [6.45, 7) is 4.58. The van der Waals surface area contributed by atoms with Gasteiger partial charge < -0.3 is 0 Å². The number of hydrogen-bond acceptors (Lipinski definition) is 0. The van der Waals surface area contributed by atoms with E-state index in [0.717, 1.165) is 6.42 Å². The topological polar surface area (TPSA) is 0 Å². The second kappa shape index (κ2) is 5.86. The summed E-state index contributed by atoms with van der Waals surface area (Å²) in [7, 11) is 0. The van der Waals surface area contributed by atoms with Crippen LogP contribution >= 0.6 is 0 Å². The van der Waals surface area contributed by atoms with E-state index in [1.165, 1.54) is 55.3 Å². The van der Waals surface area contributed by atoms with E-state index in [1.54, 1.807) is 5.57 Å². The van der Waals surface area contributed by atoms with Crippen LogP contribution in [-0.4, -0.2) is 0 Å². The molecule has 0 N–H and O–H groups in total. The standard InChI is InChI=1S/C31H24/c1-19-11-14-23-24-15-12-20(2)18-29(24)31(28(23)17-19)26-10-6-5-9-25(26)30-22-8-4-3-7-21(22)13-16-27(30)31/h3-17,20H,18H2,1-2H3. The Balaban J connectivity index is 1.71. The molecule has 0 heterocycles. The van der Waals surface area contributed by atoms with Crippen LogP contribution < -0.4 is 0 Å². The monoisotopic (exact) mass is 396 g/mol. The van der Waals surface area contributed by atoms with Gasteiger partial charge in [-0.05, 0) is 74.6 Å². The van der Waals surface area contributed by atoms with Crippen LogP contribution in [0.4, 0.5) is 0 Å². The van der Waals surface area contributed by atoms with Crippen molar-refractivity contribution in [3.05, 3.63) is 124 Å². The van der Waals surface area contributed by atoms with Crippen molar-refractivity contribution in [3.63, 3.8) is 0 Å². The van der Waals surface area contributed by atoms with Crippen LogP contribution in [0.3, 0.4) is 0 Å². The van der Waals surface area contributed by atoms with E-state index in [0.29, 0.717) is 5.92 Å². The van der Waals surface area contributed by atoms with Crippen LogP contribution in [0.15, 0.2) is 96.6 Å². The van der Waals surface area contributed by atoms with E-state index >= 15 is 0 Å². The van der Waals surface area contributed by atoms with Gasteiger partial charge in [-0.15, -0.1) is 0 Å². The first kappa shape index (κ1) is 17.3. The van der Waals surface area contributed by atoms with Gasteiger partial charge in [0.1, 0.15) is 0 Å². The van der Waals surface area contributed by atoms with Crippen LogP contribution in [0, 0.1) is 12.8 Å². The Hall–Kier alpha value is -3.38. The van der Waals surface area contributed by atoms with Gasteiger partial charge in [0, 0.05) is 0 Å². The summed E-state index contributed by atoms with van der Waals surface area (Å²) in [6.07, 6.45) is 5.90. The predicted octanol–water partition coefficient (Wildman–Crippen LogP) is 7.83. The Bertz CT molecular complexity index is 1480. The highest BCUT2D eigenvalue weighted by molar-refractivity contribution is 6.06. The first-order chi connectivity index (χ1) is 15.2. The maximum absolute atomic E-state index is 2.45. The van der Waals surface area contributed by atoms with Gasteiger partial charge >= 0.3 is 0 Å². The third-order valence-electron chi connectivity index (χ3n) is 7.70. The maximum atomic E-state index is 2.45. The Morgan fingerprint density at radius 2 is 1.61 bits per heavy atom. The average molecular weight is 397 g/mol. The van der Waals surface area contributed by atoms with Crippen molar-refractivity contribution in [3.8, 4) is 11.1 Å². The molecule has 0 aliphatic heterocycles. The molecule has 31 heavy (non-hydrogen) atoms. The molecule has 148 valence electrons. The van der Waals surface area contributed by atoms with Gasteiger partial charge in [-0.2, -0.15) is 0 Å². The molecular formula is C31H24. The fourth-order valence-electron chi connectivity index (χ4n) is 6.50. The summed E-state index contributed by atoms with van der Waals surface area (Å²) in [5.41, 5.74) is 12.8. The molecule has 2 unspecified atom stereocenters. The summed E-state index contributed by atoms with van der Waals surface area (Å²) >= 11 is 0. The largest absolute Gasteiger partial charge is 0.0808 e. The lowest BCUT2D eigenvalue weighted by Gasteiger charge is -2.34. The first-order valence-corrected chi connectivity index (χ1v) is 11.3. The highest BCUT2D eigenvalue weighted by Crippen LogP contribution is 2.64. The highest BCUT2D eigenvalue weighted by atomic mass is 14.5. The Morgan fingerprint density at radius 1 is 0.774 bits per heavy atom. The van der Waals surface area contributed by atoms with Crippen LogP contribution in [-0.2, 0) is 5.41 Å². The molecule has 0 aromatic heterocycles. The van der Waals surface area contributed by atoms with Crippen molar-refractivity contribution in [2.24, 2.45) is 5.92 Å². The minimum Gasteiger partial charge on any atom is -0.0808 e. The second-order valence-corrected chi connectivity index (χ2v) is 9.49. The number of rotatable bonds is 0. The van der Waals surface area contributed by atoms with Crippen molar-refractivity contribution in [1.29, 1.82) is 0 Å². The lowest BCUT2D eigenvalue weighted by molar-refractivity contribution is 0.630. The Labute approximate surface area is 183 Å². The first-order valence-electron chi connectivity index (χ1n) is 11.3. The number of hydrogen-bond donors (Lipinski definition) is 0. The molecule has 3 aliphatic rings. The summed E-state index contributed by atoms with van der Waals surface area (Å²) in [4.78, 5) is 0. The molecule has 0 heteroatoms. The van der Waals surface area contributed by atoms with Crippen LogP contribution in [0.2, 0.25) is 0 Å². The smallest absolute Gasteiger partial charge is 0.0688 e. The number of benzene rings is 4. The fraction of sp³-hybridized carbons (Fsp3) is 0.161. The van der Waals surface area contributed by atoms with Gasteiger partial charge in [0.05, 0.1) is 5.41 Å². The third-order valence-corrected chi connectivity index (χ3v) is 7.70. The van der Waals surface area contributed by atoms with Gasteiger partial charge in [-0.1, -0.05) is 104 Å². The van der Waals surface area contributed by atoms with Crippen molar-refractivity contribution >= 4 is 16.3 Å². The second-order valence-electron chi connectivity index (χ2n) is 9.49. The minimum atomic E-state index is -0.175. The van der Waals surface area contributed by atoms with Crippen LogP contribution in [0.25, 0.3) is 27.5 Å². The van der Waals surface area contributed by atoms with Crippen molar-refractivity contribution in [2.45, 2.75) is 25.7 Å². The minimum absolute atomic E-state index is 0.175. The van der Waals surface area contributed by atoms with Crippen LogP contribution in [0.1, 0.15) is 41.2 Å². The Kier molecular flexibility index (Phi) is 3.27. The maximum Gasteiger partial charge on any atom is 0.0688 e. The molecule has 0 fully saturated rings. The van der Waals surface area contributed by atoms with E-state index in [4.69, 9.17) is 0 Å². The predicted molar refractivity (Wildman–Crippen MR) is 130 cm³/mol. The summed E-state index contributed by atoms with van der Waals surface area (Å²) in [5, 5.41) is 2.69. The van der Waals surface area contributed by atoms with Crippen LogP contribution in [0.5, 0.6) is 0 Å². The number of fused-ring (bicyclic) bond motifs is 11. The molecular weight excluding hydrogens is 372 g/mol. The van der Waals surface area contributed by atoms with E-state index < -0.39 is 0 Å². The third kappa shape index (κ3) is 2.01. The zero-order chi connectivity index (χ0) is 20.7. The zero-order valence-corrected chi connectivity index (χ0v) is 17.9. The van der Waals surface area contributed by atoms with Crippen molar-refractivity contribution in [2.75, 3.05) is 0 Å². The fourth-order valence-corrected chi connectivity index (χ4v) is 6.50. The lowest BCUT2D eigenvalue weighted by atomic mass is 9.67.